The first-order chi connectivity index (χ1) is 33.4. The predicted octanol–water partition coefficient (Wildman–Crippen LogP) is 2.81. The van der Waals surface area contributed by atoms with Gasteiger partial charge >= 0.3 is 34.1 Å². The van der Waals surface area contributed by atoms with Gasteiger partial charge in [-0.1, -0.05) is 97.1 Å². The number of carbonyl (C=O) groups excluding carboxylic acids is 6. The summed E-state index contributed by atoms with van der Waals surface area (Å²) in [5.74, 6) is -9.80. The average Bonchev–Trinajstić information content (AvgIpc) is 4.06. The third-order valence-electron chi connectivity index (χ3n) is 8.66. The third kappa shape index (κ3) is 21.7. The van der Waals surface area contributed by atoms with Gasteiger partial charge in [0.2, 0.25) is 11.8 Å². The number of nitrogens with zero attached hydrogens (tertiary/aromatic N) is 4. The smallest absolute Gasteiger partial charge is 0.545 e. The van der Waals surface area contributed by atoms with E-state index < -0.39 is 81.2 Å². The van der Waals surface area contributed by atoms with Gasteiger partial charge in [0.1, 0.15) is 23.3 Å². The number of hydrogen-bond acceptors (Lipinski definition) is 12. The van der Waals surface area contributed by atoms with Crippen molar-refractivity contribution in [3.8, 4) is 0 Å². The van der Waals surface area contributed by atoms with Gasteiger partial charge in [-0.25, -0.2) is 17.6 Å². The molecule has 0 bridgehead atoms. The molecular formula is C50H38Cu2F4N6O10. The zero-order chi connectivity index (χ0) is 51.6. The van der Waals surface area contributed by atoms with Gasteiger partial charge in [0, 0.05) is 58.2 Å². The summed E-state index contributed by atoms with van der Waals surface area (Å²) in [6.07, 6.45) is 7.25. The number of amides is 2. The molecule has 2 amide bonds. The number of rotatable bonds is 10. The molecule has 2 radical (unpaired) electrons. The average molecular weight is 1090 g/mol. The maximum Gasteiger partial charge on any atom is 2.00 e. The van der Waals surface area contributed by atoms with Crippen molar-refractivity contribution in [2.24, 2.45) is 11.5 Å². The standard InChI is InChI=1S/2C11H11N3O.4C7H5FO2.2Cu/c2*12-11(15)10-4-2-9(3-5-10)8-14-7-1-6-13-14;4*8-6-4-2-1-3-5(6)7(9)10;;/h2*1-7H,8H2,(H2,12,15);4*1-4H,(H,9,10);;/q;;;;;;2*+2/p-4. The summed E-state index contributed by atoms with van der Waals surface area (Å²) in [7, 11) is 0. The van der Waals surface area contributed by atoms with Crippen LogP contribution >= 0.6 is 0 Å². The number of aromatic nitrogens is 4. The first kappa shape index (κ1) is 61.3. The van der Waals surface area contributed by atoms with Gasteiger partial charge in [-0.05, 0) is 71.8 Å². The van der Waals surface area contributed by atoms with Crippen LogP contribution in [0.2, 0.25) is 0 Å². The zero-order valence-corrected chi connectivity index (χ0v) is 38.8. The fraction of sp³-hybridized carbons (Fsp3) is 0.0400. The molecule has 0 unspecified atom stereocenters. The van der Waals surface area contributed by atoms with Crippen LogP contribution < -0.4 is 31.9 Å². The fourth-order valence-corrected chi connectivity index (χ4v) is 5.22. The number of carbonyl (C=O) groups is 6. The summed E-state index contributed by atoms with van der Waals surface area (Å²) in [5.41, 5.74) is 11.9. The number of nitrogens with two attached hydrogens (primary N) is 2. The molecule has 0 spiro atoms. The molecule has 8 rings (SSSR count). The number of primary amides is 2. The molecule has 72 heavy (non-hydrogen) atoms. The number of benzene rings is 6. The van der Waals surface area contributed by atoms with Crippen LogP contribution in [0.5, 0.6) is 0 Å². The van der Waals surface area contributed by atoms with Gasteiger partial charge in [0.25, 0.3) is 0 Å². The van der Waals surface area contributed by atoms with Crippen LogP contribution in [0.4, 0.5) is 17.6 Å². The number of carboxylic acids is 4. The Hall–Kier alpha value is -8.68. The third-order valence-corrected chi connectivity index (χ3v) is 8.66. The van der Waals surface area contributed by atoms with Gasteiger partial charge in [-0.15, -0.1) is 0 Å². The Morgan fingerprint density at radius 3 is 0.792 bits per heavy atom. The Kier molecular flexibility index (Phi) is 27.4. The molecule has 0 saturated heterocycles. The minimum absolute atomic E-state index is 0. The molecule has 0 aliphatic carbocycles. The van der Waals surface area contributed by atoms with Crippen molar-refractivity contribution in [2.75, 3.05) is 0 Å². The van der Waals surface area contributed by atoms with E-state index in [-0.39, 0.29) is 34.1 Å². The maximum absolute atomic E-state index is 12.4. The molecule has 16 nitrogen and oxygen atoms in total. The summed E-state index contributed by atoms with van der Waals surface area (Å²) in [5, 5.41) is 48.5. The van der Waals surface area contributed by atoms with Crippen LogP contribution in [0.25, 0.3) is 0 Å². The Morgan fingerprint density at radius 1 is 0.389 bits per heavy atom. The first-order valence-electron chi connectivity index (χ1n) is 19.9. The fourth-order valence-electron chi connectivity index (χ4n) is 5.22. The van der Waals surface area contributed by atoms with E-state index in [1.165, 1.54) is 48.5 Å². The van der Waals surface area contributed by atoms with Crippen molar-refractivity contribution < 1.29 is 101 Å². The van der Waals surface area contributed by atoms with E-state index in [1.54, 1.807) is 36.7 Å². The molecule has 0 atom stereocenters. The van der Waals surface area contributed by atoms with Gasteiger partial charge in [-0.2, -0.15) is 10.2 Å². The largest absolute Gasteiger partial charge is 2.00 e. The number of halogens is 4. The first-order valence-corrected chi connectivity index (χ1v) is 19.9. The number of carboxylic acid groups (broad SMARTS) is 4. The van der Waals surface area contributed by atoms with Gasteiger partial charge < -0.3 is 51.1 Å². The van der Waals surface area contributed by atoms with E-state index in [1.807, 2.05) is 58.2 Å². The Bertz CT molecular complexity index is 2660. The maximum atomic E-state index is 12.4. The van der Waals surface area contributed by atoms with E-state index in [2.05, 4.69) is 10.2 Å². The molecule has 8 aromatic rings. The Morgan fingerprint density at radius 2 is 0.625 bits per heavy atom. The molecule has 6 aromatic carbocycles. The van der Waals surface area contributed by atoms with E-state index in [0.29, 0.717) is 24.2 Å². The van der Waals surface area contributed by atoms with Crippen molar-refractivity contribution in [1.29, 1.82) is 0 Å². The molecule has 0 fully saturated rings. The molecule has 22 heteroatoms. The van der Waals surface area contributed by atoms with Crippen LogP contribution in [0.15, 0.2) is 183 Å². The molecule has 378 valence electrons. The number of aromatic carboxylic acids is 4. The van der Waals surface area contributed by atoms with Gasteiger partial charge in [-0.3, -0.25) is 19.0 Å². The van der Waals surface area contributed by atoms with Crippen LogP contribution in [0.1, 0.15) is 73.3 Å². The van der Waals surface area contributed by atoms with E-state index in [4.69, 9.17) is 11.5 Å². The van der Waals surface area contributed by atoms with E-state index in [9.17, 15) is 66.8 Å². The minimum Gasteiger partial charge on any atom is -0.545 e. The summed E-state index contributed by atoms with van der Waals surface area (Å²) in [4.78, 5) is 62.0. The quantitative estimate of drug-likeness (QED) is 0.148. The summed E-state index contributed by atoms with van der Waals surface area (Å²) < 4.78 is 53.3. The molecule has 4 N–H and O–H groups in total. The number of hydrogen-bond donors (Lipinski definition) is 2. The molecule has 0 saturated carbocycles. The van der Waals surface area contributed by atoms with Crippen LogP contribution in [0, 0.1) is 23.3 Å². The molecule has 0 aliphatic rings. The molecular weight excluding hydrogens is 1050 g/mol. The predicted molar refractivity (Wildman–Crippen MR) is 235 cm³/mol. The van der Waals surface area contributed by atoms with Crippen LogP contribution in [0.3, 0.4) is 0 Å². The molecule has 0 aliphatic heterocycles. The summed E-state index contributed by atoms with van der Waals surface area (Å²) in [6, 6.07) is 38.5. The van der Waals surface area contributed by atoms with Gasteiger partial charge in [0.05, 0.1) is 37.0 Å². The summed E-state index contributed by atoms with van der Waals surface area (Å²) >= 11 is 0. The van der Waals surface area contributed by atoms with Crippen molar-refractivity contribution in [1.82, 2.24) is 19.6 Å². The molecule has 2 heterocycles. The SMILES string of the molecule is NC(=O)c1ccc(Cn2cccn2)cc1.NC(=O)c1ccc(Cn2cccn2)cc1.O=C([O-])c1ccccc1F.O=C([O-])c1ccccc1F.O=C([O-])c1ccccc1F.O=C([O-])c1ccccc1F.[Cu+2].[Cu+2]. The molecule has 2 aromatic heterocycles. The van der Waals surface area contributed by atoms with Crippen molar-refractivity contribution in [3.63, 3.8) is 0 Å². The normalized spacial score (nSPS) is 9.39. The van der Waals surface area contributed by atoms with Crippen molar-refractivity contribution >= 4 is 35.7 Å². The topological polar surface area (TPSA) is 282 Å². The monoisotopic (exact) mass is 1080 g/mol. The second-order valence-corrected chi connectivity index (χ2v) is 13.6. The summed E-state index contributed by atoms with van der Waals surface area (Å²) in [6.45, 7) is 1.40. The minimum atomic E-state index is -1.49. The van der Waals surface area contributed by atoms with Gasteiger partial charge in [0.15, 0.2) is 0 Å². The van der Waals surface area contributed by atoms with E-state index >= 15 is 0 Å². The Labute approximate surface area is 429 Å². The second kappa shape index (κ2) is 32.2. The van der Waals surface area contributed by atoms with E-state index in [0.717, 1.165) is 59.7 Å². The van der Waals surface area contributed by atoms with Crippen LogP contribution in [-0.2, 0) is 47.2 Å². The zero-order valence-electron chi connectivity index (χ0n) is 36.9. The van der Waals surface area contributed by atoms with Crippen molar-refractivity contribution in [3.05, 3.63) is 250 Å². The Balaban J connectivity index is 0.000000434. The second-order valence-electron chi connectivity index (χ2n) is 13.6. The van der Waals surface area contributed by atoms with Crippen LogP contribution in [-0.4, -0.2) is 55.3 Å². The van der Waals surface area contributed by atoms with Crippen molar-refractivity contribution in [2.45, 2.75) is 13.1 Å².